The maximum Gasteiger partial charge on any atom is 0.180 e. The SMILES string of the molecule is CC(C)(C)c1ccc(S(=O)(=O)CC(O)C2CCCC2)cc1. The van der Waals surface area contributed by atoms with Crippen LogP contribution < -0.4 is 0 Å². The van der Waals surface area contributed by atoms with Crippen LogP contribution in [0.4, 0.5) is 0 Å². The second-order valence-corrected chi connectivity index (χ2v) is 9.20. The molecule has 0 aromatic heterocycles. The summed E-state index contributed by atoms with van der Waals surface area (Å²) in [7, 11) is -3.41. The molecular weight excluding hydrogens is 284 g/mol. The Balaban J connectivity index is 2.12. The molecule has 2 rings (SSSR count). The van der Waals surface area contributed by atoms with Gasteiger partial charge in [-0.1, -0.05) is 45.7 Å². The van der Waals surface area contributed by atoms with Crippen molar-refractivity contribution >= 4 is 9.84 Å². The van der Waals surface area contributed by atoms with E-state index in [1.54, 1.807) is 12.1 Å². The number of hydrogen-bond donors (Lipinski definition) is 1. The quantitative estimate of drug-likeness (QED) is 0.928. The summed E-state index contributed by atoms with van der Waals surface area (Å²) in [6.07, 6.45) is 3.35. The molecule has 0 bridgehead atoms. The first-order valence-corrected chi connectivity index (χ1v) is 9.37. The van der Waals surface area contributed by atoms with Gasteiger partial charge in [-0.2, -0.15) is 0 Å². The first-order chi connectivity index (χ1) is 9.70. The molecule has 0 amide bonds. The molecule has 1 saturated carbocycles. The van der Waals surface area contributed by atoms with Gasteiger partial charge in [-0.3, -0.25) is 0 Å². The highest BCUT2D eigenvalue weighted by molar-refractivity contribution is 7.91. The van der Waals surface area contributed by atoms with Crippen LogP contribution in [0.2, 0.25) is 0 Å². The van der Waals surface area contributed by atoms with E-state index in [1.165, 1.54) is 0 Å². The van der Waals surface area contributed by atoms with E-state index in [9.17, 15) is 13.5 Å². The van der Waals surface area contributed by atoms with E-state index in [0.29, 0.717) is 4.90 Å². The molecule has 0 aliphatic heterocycles. The van der Waals surface area contributed by atoms with Crippen LogP contribution in [0, 0.1) is 5.92 Å². The second kappa shape index (κ2) is 6.09. The Kier molecular flexibility index (Phi) is 4.79. The number of benzene rings is 1. The van der Waals surface area contributed by atoms with Crippen LogP contribution >= 0.6 is 0 Å². The van der Waals surface area contributed by atoms with Crippen LogP contribution in [0.3, 0.4) is 0 Å². The standard InChI is InChI=1S/C17H26O3S/c1-17(2,3)14-8-10-15(11-9-14)21(19,20)12-16(18)13-6-4-5-7-13/h8-11,13,16,18H,4-7,12H2,1-3H3. The maximum atomic E-state index is 12.4. The van der Waals surface area contributed by atoms with E-state index in [-0.39, 0.29) is 17.1 Å². The molecule has 0 radical (unpaired) electrons. The molecule has 4 heteroatoms. The molecule has 0 heterocycles. The summed E-state index contributed by atoms with van der Waals surface area (Å²) in [5.41, 5.74) is 1.11. The highest BCUT2D eigenvalue weighted by Crippen LogP contribution is 2.29. The van der Waals surface area contributed by atoms with E-state index in [0.717, 1.165) is 31.2 Å². The van der Waals surface area contributed by atoms with Crippen molar-refractivity contribution in [2.45, 2.75) is 62.9 Å². The summed E-state index contributed by atoms with van der Waals surface area (Å²) in [4.78, 5) is 0.313. The molecule has 21 heavy (non-hydrogen) atoms. The molecule has 1 aromatic rings. The zero-order valence-corrected chi connectivity index (χ0v) is 14.0. The average molecular weight is 310 g/mol. The molecule has 3 nitrogen and oxygen atoms in total. The van der Waals surface area contributed by atoms with E-state index in [4.69, 9.17) is 0 Å². The minimum atomic E-state index is -3.41. The van der Waals surface area contributed by atoms with Gasteiger partial charge in [0.05, 0.1) is 16.8 Å². The third kappa shape index (κ3) is 4.07. The molecule has 1 aromatic carbocycles. The number of sulfone groups is 1. The molecule has 1 atom stereocenters. The van der Waals surface area contributed by atoms with Crippen LogP contribution in [-0.2, 0) is 15.3 Å². The third-order valence-electron chi connectivity index (χ3n) is 4.41. The van der Waals surface area contributed by atoms with Crippen molar-refractivity contribution in [2.24, 2.45) is 5.92 Å². The monoisotopic (exact) mass is 310 g/mol. The van der Waals surface area contributed by atoms with Crippen molar-refractivity contribution in [3.63, 3.8) is 0 Å². The topological polar surface area (TPSA) is 54.4 Å². The maximum absolute atomic E-state index is 12.4. The largest absolute Gasteiger partial charge is 0.392 e. The third-order valence-corrected chi connectivity index (χ3v) is 6.18. The summed E-state index contributed by atoms with van der Waals surface area (Å²) in [6, 6.07) is 7.07. The van der Waals surface area contributed by atoms with Gasteiger partial charge in [0.1, 0.15) is 0 Å². The number of aliphatic hydroxyl groups excluding tert-OH is 1. The predicted octanol–water partition coefficient (Wildman–Crippen LogP) is 3.31. The Morgan fingerprint density at radius 1 is 1.14 bits per heavy atom. The molecule has 1 N–H and O–H groups in total. The Morgan fingerprint density at radius 2 is 1.67 bits per heavy atom. The second-order valence-electron chi connectivity index (χ2n) is 7.17. The first kappa shape index (κ1) is 16.5. The van der Waals surface area contributed by atoms with Crippen LogP contribution in [0.5, 0.6) is 0 Å². The van der Waals surface area contributed by atoms with Gasteiger partial charge in [0.2, 0.25) is 0 Å². The number of rotatable bonds is 4. The summed E-state index contributed by atoms with van der Waals surface area (Å²) >= 11 is 0. The average Bonchev–Trinajstić information content (AvgIpc) is 2.91. The van der Waals surface area contributed by atoms with Crippen molar-refractivity contribution in [1.82, 2.24) is 0 Å². The van der Waals surface area contributed by atoms with Crippen LogP contribution in [0.1, 0.15) is 52.0 Å². The highest BCUT2D eigenvalue weighted by atomic mass is 32.2. The fourth-order valence-electron chi connectivity index (χ4n) is 2.96. The van der Waals surface area contributed by atoms with E-state index in [1.807, 2.05) is 12.1 Å². The zero-order valence-electron chi connectivity index (χ0n) is 13.2. The zero-order chi connectivity index (χ0) is 15.7. The van der Waals surface area contributed by atoms with E-state index >= 15 is 0 Å². The van der Waals surface area contributed by atoms with Crippen molar-refractivity contribution in [3.05, 3.63) is 29.8 Å². The first-order valence-electron chi connectivity index (χ1n) is 7.71. The molecule has 1 unspecified atom stereocenters. The Morgan fingerprint density at radius 3 is 2.14 bits per heavy atom. The lowest BCUT2D eigenvalue weighted by molar-refractivity contribution is 0.131. The molecule has 1 aliphatic carbocycles. The fraction of sp³-hybridized carbons (Fsp3) is 0.647. The number of hydrogen-bond acceptors (Lipinski definition) is 3. The van der Waals surface area contributed by atoms with Gasteiger partial charge in [-0.15, -0.1) is 0 Å². The van der Waals surface area contributed by atoms with Gasteiger partial charge in [0.25, 0.3) is 0 Å². The Labute approximate surface area is 128 Å². The predicted molar refractivity (Wildman–Crippen MR) is 85.2 cm³/mol. The molecule has 0 spiro atoms. The minimum Gasteiger partial charge on any atom is -0.392 e. The normalized spacial score (nSPS) is 18.9. The van der Waals surface area contributed by atoms with Gasteiger partial charge in [0.15, 0.2) is 9.84 Å². The van der Waals surface area contributed by atoms with Gasteiger partial charge < -0.3 is 5.11 Å². The minimum absolute atomic E-state index is 0.00561. The van der Waals surface area contributed by atoms with Gasteiger partial charge in [-0.25, -0.2) is 8.42 Å². The summed E-state index contributed by atoms with van der Waals surface area (Å²) < 4.78 is 24.8. The molecule has 1 fully saturated rings. The van der Waals surface area contributed by atoms with Crippen molar-refractivity contribution < 1.29 is 13.5 Å². The lowest BCUT2D eigenvalue weighted by Gasteiger charge is -2.20. The van der Waals surface area contributed by atoms with Crippen molar-refractivity contribution in [1.29, 1.82) is 0 Å². The van der Waals surface area contributed by atoms with Crippen LogP contribution in [-0.4, -0.2) is 25.4 Å². The molecular formula is C17H26O3S. The fourth-order valence-corrected chi connectivity index (χ4v) is 4.43. The lowest BCUT2D eigenvalue weighted by Crippen LogP contribution is -2.27. The van der Waals surface area contributed by atoms with Crippen molar-refractivity contribution in [3.8, 4) is 0 Å². The van der Waals surface area contributed by atoms with Gasteiger partial charge >= 0.3 is 0 Å². The molecule has 1 aliphatic rings. The highest BCUT2D eigenvalue weighted by Gasteiger charge is 2.28. The number of aliphatic hydroxyl groups is 1. The van der Waals surface area contributed by atoms with E-state index < -0.39 is 15.9 Å². The lowest BCUT2D eigenvalue weighted by atomic mass is 9.87. The van der Waals surface area contributed by atoms with Crippen molar-refractivity contribution in [2.75, 3.05) is 5.75 Å². The Hall–Kier alpha value is -0.870. The summed E-state index contributed by atoms with van der Waals surface area (Å²) in [6.45, 7) is 6.29. The van der Waals surface area contributed by atoms with Gasteiger partial charge in [-0.05, 0) is 41.9 Å². The van der Waals surface area contributed by atoms with Gasteiger partial charge in [0, 0.05) is 0 Å². The van der Waals surface area contributed by atoms with Crippen LogP contribution in [0.25, 0.3) is 0 Å². The summed E-state index contributed by atoms with van der Waals surface area (Å²) in [5.74, 6) is -0.0133. The van der Waals surface area contributed by atoms with Crippen LogP contribution in [0.15, 0.2) is 29.2 Å². The summed E-state index contributed by atoms with van der Waals surface area (Å²) in [5, 5.41) is 10.2. The van der Waals surface area contributed by atoms with E-state index in [2.05, 4.69) is 20.8 Å². The molecule has 118 valence electrons. The Bertz CT molecular complexity index is 561. The molecule has 0 saturated heterocycles. The smallest absolute Gasteiger partial charge is 0.180 e.